The van der Waals surface area contributed by atoms with Crippen LogP contribution >= 0.6 is 15.9 Å². The summed E-state index contributed by atoms with van der Waals surface area (Å²) in [6.07, 6.45) is 0. The van der Waals surface area contributed by atoms with Gasteiger partial charge in [0.1, 0.15) is 11.3 Å². The van der Waals surface area contributed by atoms with Crippen molar-refractivity contribution < 1.29 is 9.53 Å². The van der Waals surface area contributed by atoms with Gasteiger partial charge in [0.25, 0.3) is 0 Å². The van der Waals surface area contributed by atoms with E-state index in [1.165, 1.54) is 7.11 Å². The minimum Gasteiger partial charge on any atom is -0.494 e. The lowest BCUT2D eigenvalue weighted by molar-refractivity contribution is 0.1000. The third-order valence-corrected chi connectivity index (χ3v) is 4.55. The molecule has 0 saturated heterocycles. The van der Waals surface area contributed by atoms with Crippen LogP contribution in [0.3, 0.4) is 0 Å². The first-order chi connectivity index (χ1) is 11.4. The van der Waals surface area contributed by atoms with Crippen molar-refractivity contribution in [2.24, 2.45) is 5.73 Å². The van der Waals surface area contributed by atoms with Crippen molar-refractivity contribution in [2.75, 3.05) is 12.8 Å². The Hall–Kier alpha value is -2.54. The first kappa shape index (κ1) is 16.3. The number of aromatic nitrogens is 2. The number of ether oxygens (including phenoxy) is 1. The molecule has 0 aliphatic carbocycles. The number of imidazole rings is 1. The zero-order valence-electron chi connectivity index (χ0n) is 13.3. The largest absolute Gasteiger partial charge is 0.494 e. The monoisotopic (exact) mass is 388 g/mol. The van der Waals surface area contributed by atoms with Crippen LogP contribution in [0, 0.1) is 0 Å². The number of nitrogens with two attached hydrogens (primary N) is 2. The van der Waals surface area contributed by atoms with Gasteiger partial charge in [0.05, 0.1) is 18.7 Å². The fourth-order valence-electron chi connectivity index (χ4n) is 2.79. The first-order valence-electron chi connectivity index (χ1n) is 7.33. The van der Waals surface area contributed by atoms with Gasteiger partial charge in [-0.1, -0.05) is 28.1 Å². The van der Waals surface area contributed by atoms with Gasteiger partial charge in [0, 0.05) is 10.0 Å². The summed E-state index contributed by atoms with van der Waals surface area (Å²) in [5.74, 6) is 0.319. The van der Waals surface area contributed by atoms with Crippen molar-refractivity contribution in [3.63, 3.8) is 0 Å². The highest BCUT2D eigenvalue weighted by molar-refractivity contribution is 9.10. The molecule has 2 aromatic carbocycles. The predicted octanol–water partition coefficient (Wildman–Crippen LogP) is 3.10. The molecule has 0 spiro atoms. The maximum Gasteiger partial charge on any atom is 0.248 e. The molecule has 7 heteroatoms. The summed E-state index contributed by atoms with van der Waals surface area (Å²) in [7, 11) is 1.54. The van der Waals surface area contributed by atoms with E-state index in [9.17, 15) is 4.79 Å². The van der Waals surface area contributed by atoms with Gasteiger partial charge >= 0.3 is 0 Å². The quantitative estimate of drug-likeness (QED) is 0.717. The second kappa shape index (κ2) is 6.16. The van der Waals surface area contributed by atoms with Crippen LogP contribution in [0.25, 0.3) is 11.0 Å². The summed E-state index contributed by atoms with van der Waals surface area (Å²) in [4.78, 5) is 15.9. The Balaban J connectivity index is 2.22. The Morgan fingerprint density at radius 3 is 2.54 bits per heavy atom. The molecule has 6 nitrogen and oxygen atoms in total. The molecule has 0 saturated carbocycles. The number of rotatable bonds is 4. The zero-order chi connectivity index (χ0) is 17.4. The maximum atomic E-state index is 11.5. The Labute approximate surface area is 147 Å². The number of anilines is 1. The molecular weight excluding hydrogens is 372 g/mol. The van der Waals surface area contributed by atoms with E-state index in [-0.39, 0.29) is 6.04 Å². The summed E-state index contributed by atoms with van der Waals surface area (Å²) < 4.78 is 8.34. The smallest absolute Gasteiger partial charge is 0.248 e. The topological polar surface area (TPSA) is 96.2 Å². The lowest BCUT2D eigenvalue weighted by Crippen LogP contribution is -2.12. The number of fused-ring (bicyclic) bond motifs is 1. The van der Waals surface area contributed by atoms with E-state index in [0.29, 0.717) is 22.8 Å². The molecule has 1 atom stereocenters. The summed E-state index contributed by atoms with van der Waals surface area (Å²) >= 11 is 3.43. The van der Waals surface area contributed by atoms with Gasteiger partial charge < -0.3 is 20.8 Å². The van der Waals surface area contributed by atoms with Crippen LogP contribution in [0.1, 0.15) is 28.9 Å². The molecule has 0 fully saturated rings. The third kappa shape index (κ3) is 2.71. The highest BCUT2D eigenvalue weighted by Crippen LogP contribution is 2.34. The van der Waals surface area contributed by atoms with E-state index in [1.54, 1.807) is 12.1 Å². The fourth-order valence-corrected chi connectivity index (χ4v) is 3.06. The van der Waals surface area contributed by atoms with Crippen LogP contribution in [0.2, 0.25) is 0 Å². The van der Waals surface area contributed by atoms with Gasteiger partial charge in [-0.3, -0.25) is 4.79 Å². The molecule has 3 rings (SSSR count). The number of methoxy groups -OCH3 is 1. The van der Waals surface area contributed by atoms with Crippen molar-refractivity contribution in [1.82, 2.24) is 9.55 Å². The fraction of sp³-hybridized carbons (Fsp3) is 0.176. The van der Waals surface area contributed by atoms with Crippen LogP contribution in [-0.2, 0) is 0 Å². The van der Waals surface area contributed by atoms with Crippen molar-refractivity contribution in [2.45, 2.75) is 13.0 Å². The second-order valence-corrected chi connectivity index (χ2v) is 6.39. The lowest BCUT2D eigenvalue weighted by Gasteiger charge is -2.18. The molecule has 0 aliphatic heterocycles. The third-order valence-electron chi connectivity index (χ3n) is 4.02. The van der Waals surface area contributed by atoms with Crippen LogP contribution < -0.4 is 16.2 Å². The van der Waals surface area contributed by atoms with Crippen LogP contribution in [0.15, 0.2) is 40.9 Å². The number of amides is 1. The Kier molecular flexibility index (Phi) is 4.19. The number of hydrogen-bond acceptors (Lipinski definition) is 4. The molecule has 0 bridgehead atoms. The molecule has 1 aromatic heterocycles. The SMILES string of the molecule is COc1cc(C(N)=O)cc2nc(N)n(C(C)c3ccc(Br)cc3)c12. The summed E-state index contributed by atoms with van der Waals surface area (Å²) in [5.41, 5.74) is 14.2. The number of benzene rings is 2. The highest BCUT2D eigenvalue weighted by atomic mass is 79.9. The molecule has 124 valence electrons. The number of nitrogens with zero attached hydrogens (tertiary/aromatic N) is 2. The summed E-state index contributed by atoms with van der Waals surface area (Å²) in [6, 6.07) is 11.2. The minimum absolute atomic E-state index is 0.0589. The number of hydrogen-bond donors (Lipinski definition) is 2. The molecule has 1 unspecified atom stereocenters. The molecular formula is C17H17BrN4O2. The van der Waals surface area contributed by atoms with Gasteiger partial charge in [-0.2, -0.15) is 0 Å². The van der Waals surface area contributed by atoms with E-state index < -0.39 is 5.91 Å². The molecule has 1 heterocycles. The average molecular weight is 389 g/mol. The van der Waals surface area contributed by atoms with Gasteiger partial charge in [0.2, 0.25) is 11.9 Å². The lowest BCUT2D eigenvalue weighted by atomic mass is 10.1. The van der Waals surface area contributed by atoms with Crippen LogP contribution in [0.5, 0.6) is 5.75 Å². The molecule has 24 heavy (non-hydrogen) atoms. The Morgan fingerprint density at radius 2 is 1.96 bits per heavy atom. The van der Waals surface area contributed by atoms with E-state index >= 15 is 0 Å². The van der Waals surface area contributed by atoms with E-state index in [1.807, 2.05) is 35.8 Å². The zero-order valence-corrected chi connectivity index (χ0v) is 14.9. The molecule has 0 radical (unpaired) electrons. The van der Waals surface area contributed by atoms with Gasteiger partial charge in [-0.05, 0) is 36.8 Å². The number of primary amides is 1. The molecule has 3 aromatic rings. The standard InChI is InChI=1S/C17H17BrN4O2/c1-9(10-3-5-12(18)6-4-10)22-15-13(21-17(22)20)7-11(16(19)23)8-14(15)24-2/h3-9H,1-2H3,(H2,19,23)(H2,20,21). The first-order valence-corrected chi connectivity index (χ1v) is 8.12. The predicted molar refractivity (Wildman–Crippen MR) is 97.2 cm³/mol. The summed E-state index contributed by atoms with van der Waals surface area (Å²) in [5, 5.41) is 0. The normalized spacial score (nSPS) is 12.3. The number of carbonyl (C=O) groups excluding carboxylic acids is 1. The Morgan fingerprint density at radius 1 is 1.29 bits per heavy atom. The highest BCUT2D eigenvalue weighted by Gasteiger charge is 2.20. The van der Waals surface area contributed by atoms with Gasteiger partial charge in [0.15, 0.2) is 0 Å². The van der Waals surface area contributed by atoms with Gasteiger partial charge in [-0.25, -0.2) is 4.98 Å². The maximum absolute atomic E-state index is 11.5. The van der Waals surface area contributed by atoms with Crippen molar-refractivity contribution in [3.05, 3.63) is 52.0 Å². The van der Waals surface area contributed by atoms with Crippen molar-refractivity contribution in [3.8, 4) is 5.75 Å². The molecule has 1 amide bonds. The van der Waals surface area contributed by atoms with Crippen LogP contribution in [0.4, 0.5) is 5.95 Å². The molecule has 4 N–H and O–H groups in total. The van der Waals surface area contributed by atoms with E-state index in [0.717, 1.165) is 15.6 Å². The number of nitrogen functional groups attached to an aromatic ring is 1. The van der Waals surface area contributed by atoms with E-state index in [2.05, 4.69) is 20.9 Å². The number of carbonyl (C=O) groups is 1. The summed E-state index contributed by atoms with van der Waals surface area (Å²) in [6.45, 7) is 2.03. The van der Waals surface area contributed by atoms with Crippen molar-refractivity contribution >= 4 is 38.8 Å². The number of halogens is 1. The van der Waals surface area contributed by atoms with Gasteiger partial charge in [-0.15, -0.1) is 0 Å². The minimum atomic E-state index is -0.538. The Bertz CT molecular complexity index is 918. The average Bonchev–Trinajstić information content (AvgIpc) is 2.89. The van der Waals surface area contributed by atoms with Crippen LogP contribution in [-0.4, -0.2) is 22.6 Å². The van der Waals surface area contributed by atoms with E-state index in [4.69, 9.17) is 16.2 Å². The second-order valence-electron chi connectivity index (χ2n) is 5.48. The molecule has 0 aliphatic rings. The van der Waals surface area contributed by atoms with Crippen molar-refractivity contribution in [1.29, 1.82) is 0 Å².